The van der Waals surface area contributed by atoms with E-state index in [-0.39, 0.29) is 0 Å². The molecule has 20 heavy (non-hydrogen) atoms. The number of nitrogens with zero attached hydrogens (tertiary/aromatic N) is 2. The van der Waals surface area contributed by atoms with Crippen LogP contribution in [0.2, 0.25) is 0 Å². The van der Waals surface area contributed by atoms with Crippen molar-refractivity contribution in [2.75, 3.05) is 23.4 Å². The van der Waals surface area contributed by atoms with E-state index in [0.29, 0.717) is 6.04 Å². The molecule has 1 saturated carbocycles. The lowest BCUT2D eigenvalue weighted by Gasteiger charge is -2.35. The van der Waals surface area contributed by atoms with E-state index in [1.54, 1.807) is 0 Å². The Hall–Kier alpha value is -0.770. The average Bonchev–Trinajstić information content (AvgIpc) is 2.52. The lowest BCUT2D eigenvalue weighted by Crippen LogP contribution is -2.39. The Labute approximate surface area is 130 Å². The van der Waals surface area contributed by atoms with E-state index in [4.69, 9.17) is 4.74 Å². The minimum Gasteiger partial charge on any atom is -0.490 e. The smallest absolute Gasteiger partial charge is 0.171 e. The van der Waals surface area contributed by atoms with Crippen LogP contribution in [0.1, 0.15) is 45.4 Å². The van der Waals surface area contributed by atoms with Crippen LogP contribution in [-0.4, -0.2) is 29.5 Å². The topological polar surface area (TPSA) is 25.4 Å². The van der Waals surface area contributed by atoms with Crippen molar-refractivity contribution in [3.63, 3.8) is 0 Å². The van der Waals surface area contributed by atoms with Gasteiger partial charge in [0.15, 0.2) is 11.6 Å². The zero-order chi connectivity index (χ0) is 14.2. The van der Waals surface area contributed by atoms with Crippen LogP contribution >= 0.6 is 15.9 Å². The number of alkyl halides is 1. The molecular weight excluding hydrogens is 316 g/mol. The lowest BCUT2D eigenvalue weighted by molar-refractivity contribution is 0.314. The number of hydrogen-bond acceptors (Lipinski definition) is 3. The lowest BCUT2D eigenvalue weighted by atomic mass is 9.94. The van der Waals surface area contributed by atoms with Crippen LogP contribution in [0.15, 0.2) is 18.3 Å². The second kappa shape index (κ2) is 8.50. The van der Waals surface area contributed by atoms with E-state index in [2.05, 4.69) is 32.7 Å². The molecule has 0 aliphatic heterocycles. The van der Waals surface area contributed by atoms with Gasteiger partial charge in [-0.05, 0) is 31.4 Å². The van der Waals surface area contributed by atoms with Gasteiger partial charge in [0, 0.05) is 24.1 Å². The van der Waals surface area contributed by atoms with E-state index in [1.807, 2.05) is 18.3 Å². The molecule has 0 aromatic carbocycles. The molecule has 4 heteroatoms. The van der Waals surface area contributed by atoms with Crippen LogP contribution in [0, 0.1) is 0 Å². The molecule has 0 radical (unpaired) electrons. The summed E-state index contributed by atoms with van der Waals surface area (Å²) in [6, 6.07) is 4.61. The number of anilines is 1. The van der Waals surface area contributed by atoms with E-state index in [0.717, 1.165) is 36.5 Å². The molecule has 0 spiro atoms. The Balaban J connectivity index is 2.18. The molecule has 1 aromatic rings. The maximum atomic E-state index is 5.88. The molecule has 0 atom stereocenters. The number of aromatic nitrogens is 1. The molecule has 0 unspecified atom stereocenters. The van der Waals surface area contributed by atoms with Crippen molar-refractivity contribution < 1.29 is 4.74 Å². The molecule has 1 aromatic heterocycles. The van der Waals surface area contributed by atoms with E-state index in [9.17, 15) is 0 Å². The second-order valence-corrected chi connectivity index (χ2v) is 6.14. The fourth-order valence-electron chi connectivity index (χ4n) is 2.87. The zero-order valence-corrected chi connectivity index (χ0v) is 13.9. The van der Waals surface area contributed by atoms with Gasteiger partial charge in [-0.3, -0.25) is 0 Å². The van der Waals surface area contributed by atoms with Crippen LogP contribution in [0.5, 0.6) is 5.75 Å². The molecule has 2 rings (SSSR count). The standard InChI is InChI=1S/C16H25BrN2O/c1-2-13-20-15-9-6-11-18-16(15)19(12-10-17)14-7-4-3-5-8-14/h6,9,11,14H,2-5,7-8,10,12-13H2,1H3. The molecule has 3 nitrogen and oxygen atoms in total. The fraction of sp³-hybridized carbons (Fsp3) is 0.688. The van der Waals surface area contributed by atoms with Crippen LogP contribution in [0.3, 0.4) is 0 Å². The van der Waals surface area contributed by atoms with Crippen LogP contribution in [0.25, 0.3) is 0 Å². The predicted octanol–water partition coefficient (Wildman–Crippen LogP) is 4.40. The molecule has 112 valence electrons. The number of ether oxygens (including phenoxy) is 1. The third-order valence-corrected chi connectivity index (χ3v) is 4.18. The second-order valence-electron chi connectivity index (χ2n) is 5.35. The molecule has 1 fully saturated rings. The van der Waals surface area contributed by atoms with Gasteiger partial charge < -0.3 is 9.64 Å². The van der Waals surface area contributed by atoms with Crippen molar-refractivity contribution >= 4 is 21.7 Å². The summed E-state index contributed by atoms with van der Waals surface area (Å²) in [7, 11) is 0. The molecule has 0 N–H and O–H groups in total. The number of rotatable bonds is 7. The molecular formula is C16H25BrN2O. The average molecular weight is 341 g/mol. The predicted molar refractivity (Wildman–Crippen MR) is 88.0 cm³/mol. The third kappa shape index (κ3) is 4.11. The summed E-state index contributed by atoms with van der Waals surface area (Å²) in [5.41, 5.74) is 0. The molecule has 1 heterocycles. The SMILES string of the molecule is CCCOc1cccnc1N(CCBr)C1CCCCC1. The first-order valence-electron chi connectivity index (χ1n) is 7.77. The Morgan fingerprint density at radius 1 is 1.35 bits per heavy atom. The summed E-state index contributed by atoms with van der Waals surface area (Å²) < 4.78 is 5.88. The summed E-state index contributed by atoms with van der Waals surface area (Å²) in [5.74, 6) is 1.95. The Morgan fingerprint density at radius 3 is 2.85 bits per heavy atom. The first-order valence-corrected chi connectivity index (χ1v) is 8.89. The van der Waals surface area contributed by atoms with Gasteiger partial charge in [-0.1, -0.05) is 42.1 Å². The largest absolute Gasteiger partial charge is 0.490 e. The maximum Gasteiger partial charge on any atom is 0.171 e. The normalized spacial score (nSPS) is 16.1. The van der Waals surface area contributed by atoms with Gasteiger partial charge in [0.05, 0.1) is 6.61 Å². The fourth-order valence-corrected chi connectivity index (χ4v) is 3.25. The summed E-state index contributed by atoms with van der Waals surface area (Å²) >= 11 is 3.58. The van der Waals surface area contributed by atoms with Crippen molar-refractivity contribution in [2.24, 2.45) is 0 Å². The monoisotopic (exact) mass is 340 g/mol. The number of hydrogen-bond donors (Lipinski definition) is 0. The molecule has 1 aliphatic carbocycles. The van der Waals surface area contributed by atoms with Crippen molar-refractivity contribution in [3.05, 3.63) is 18.3 Å². The van der Waals surface area contributed by atoms with Gasteiger partial charge in [-0.15, -0.1) is 0 Å². The maximum absolute atomic E-state index is 5.88. The highest BCUT2D eigenvalue weighted by molar-refractivity contribution is 9.09. The Kier molecular flexibility index (Phi) is 6.64. The minimum absolute atomic E-state index is 0.611. The van der Waals surface area contributed by atoms with Gasteiger partial charge in [-0.2, -0.15) is 0 Å². The quantitative estimate of drug-likeness (QED) is 0.687. The first-order chi connectivity index (χ1) is 9.86. The third-order valence-electron chi connectivity index (χ3n) is 3.83. The van der Waals surface area contributed by atoms with Crippen molar-refractivity contribution in [3.8, 4) is 5.75 Å². The van der Waals surface area contributed by atoms with E-state index in [1.165, 1.54) is 32.1 Å². The van der Waals surface area contributed by atoms with Crippen LogP contribution in [-0.2, 0) is 0 Å². The van der Waals surface area contributed by atoms with Gasteiger partial charge in [0.25, 0.3) is 0 Å². The molecule has 0 bridgehead atoms. The molecule has 1 aliphatic rings. The Morgan fingerprint density at radius 2 is 2.15 bits per heavy atom. The van der Waals surface area contributed by atoms with Gasteiger partial charge in [-0.25, -0.2) is 4.98 Å². The summed E-state index contributed by atoms with van der Waals surface area (Å²) in [6.07, 6.45) is 9.49. The van der Waals surface area contributed by atoms with Crippen molar-refractivity contribution in [1.29, 1.82) is 0 Å². The van der Waals surface area contributed by atoms with Gasteiger partial charge in [0.2, 0.25) is 0 Å². The van der Waals surface area contributed by atoms with E-state index >= 15 is 0 Å². The van der Waals surface area contributed by atoms with Gasteiger partial charge in [0.1, 0.15) is 0 Å². The number of halogens is 1. The molecule has 0 amide bonds. The van der Waals surface area contributed by atoms with Crippen LogP contribution in [0.4, 0.5) is 5.82 Å². The minimum atomic E-state index is 0.611. The van der Waals surface area contributed by atoms with Crippen molar-refractivity contribution in [2.45, 2.75) is 51.5 Å². The highest BCUT2D eigenvalue weighted by Gasteiger charge is 2.24. The Bertz CT molecular complexity index is 394. The van der Waals surface area contributed by atoms with Crippen molar-refractivity contribution in [1.82, 2.24) is 4.98 Å². The highest BCUT2D eigenvalue weighted by atomic mass is 79.9. The van der Waals surface area contributed by atoms with E-state index < -0.39 is 0 Å². The summed E-state index contributed by atoms with van der Waals surface area (Å²) in [6.45, 7) is 3.88. The first kappa shape index (κ1) is 15.6. The number of pyridine rings is 1. The van der Waals surface area contributed by atoms with Gasteiger partial charge >= 0.3 is 0 Å². The zero-order valence-electron chi connectivity index (χ0n) is 12.4. The highest BCUT2D eigenvalue weighted by Crippen LogP contribution is 2.32. The summed E-state index contributed by atoms with van der Waals surface area (Å²) in [5, 5.41) is 0.966. The molecule has 0 saturated heterocycles. The van der Waals surface area contributed by atoms with Crippen LogP contribution < -0.4 is 9.64 Å². The summed E-state index contributed by atoms with van der Waals surface area (Å²) in [4.78, 5) is 7.05.